The zero-order valence-electron chi connectivity index (χ0n) is 74.6. The molecule has 0 fully saturated rings. The molecule has 3 heterocycles. The van der Waals surface area contributed by atoms with Gasteiger partial charge in [0, 0.05) is 32.3 Å². The highest BCUT2D eigenvalue weighted by molar-refractivity contribution is 6.27. The van der Waals surface area contributed by atoms with Crippen LogP contribution in [0.4, 0.5) is 0 Å². The SMILES string of the molecule is c1cc(-c2ccc3c(c2)oc2cc4ccccc4cc23)cc(-c2c3ccccc3c(-c3ccc4ccccc4c3)c3ccccc23)c1.c1cc(-c2ccc3c(c2)oc2cc4ccccc4cc23)cc(-c2c3ccccc3c(-c3cccc4ccccc34)c3ccccc23)c1.c1ccc(-c2c3ccccc3c(-c3cccc(-c4ccc5c(c4)oc4cc6ccccc6cc45)c3)c3ccccc23)cc1. The van der Waals surface area contributed by atoms with Gasteiger partial charge in [-0.1, -0.05) is 400 Å². The molecule has 0 unspecified atom stereocenters. The third-order valence-electron chi connectivity index (χ3n) is 28.4. The van der Waals surface area contributed by atoms with Crippen LogP contribution in [0.1, 0.15) is 0 Å². The Kier molecular flexibility index (Phi) is 18.7. The Morgan fingerprint density at radius 2 is 0.314 bits per heavy atom. The molecular formula is C134H82O3. The fraction of sp³-hybridized carbons (Fsp3) is 0. The van der Waals surface area contributed by atoms with E-state index in [1.54, 1.807) is 0 Å². The molecule has 636 valence electrons. The second-order valence-electron chi connectivity index (χ2n) is 36.2. The normalized spacial score (nSPS) is 11.8. The molecule has 29 aromatic rings. The summed E-state index contributed by atoms with van der Waals surface area (Å²) in [5.74, 6) is 0. The Labute approximate surface area is 789 Å². The summed E-state index contributed by atoms with van der Waals surface area (Å²) in [6.45, 7) is 0. The molecule has 0 saturated heterocycles. The first-order valence-corrected chi connectivity index (χ1v) is 47.1. The number of fused-ring (bicyclic) bond motifs is 20. The molecule has 0 saturated carbocycles. The summed E-state index contributed by atoms with van der Waals surface area (Å²) in [5.41, 5.74) is 27.5. The molecule has 0 aliphatic heterocycles. The van der Waals surface area contributed by atoms with Gasteiger partial charge in [0.2, 0.25) is 0 Å². The second kappa shape index (κ2) is 32.5. The molecule has 0 N–H and O–H groups in total. The van der Waals surface area contributed by atoms with Crippen molar-refractivity contribution >= 4 is 184 Å². The Hall–Kier alpha value is -18.0. The first-order valence-electron chi connectivity index (χ1n) is 47.1. The van der Waals surface area contributed by atoms with Crippen LogP contribution in [0.3, 0.4) is 0 Å². The highest BCUT2D eigenvalue weighted by Gasteiger charge is 2.24. The third kappa shape index (κ3) is 13.5. The number of furan rings is 3. The van der Waals surface area contributed by atoms with E-state index in [0.29, 0.717) is 0 Å². The average Bonchev–Trinajstić information content (AvgIpc) is 1.71. The van der Waals surface area contributed by atoms with Gasteiger partial charge in [0.15, 0.2) is 0 Å². The number of hydrogen-bond acceptors (Lipinski definition) is 3. The lowest BCUT2D eigenvalue weighted by molar-refractivity contribution is 0.669. The van der Waals surface area contributed by atoms with Crippen LogP contribution in [0.15, 0.2) is 511 Å². The minimum absolute atomic E-state index is 0.911. The first kappa shape index (κ1) is 78.8. The van der Waals surface area contributed by atoms with E-state index in [4.69, 9.17) is 13.3 Å². The van der Waals surface area contributed by atoms with Crippen LogP contribution in [0, 0.1) is 0 Å². The molecule has 3 nitrogen and oxygen atoms in total. The van der Waals surface area contributed by atoms with Gasteiger partial charge in [-0.2, -0.15) is 0 Å². The summed E-state index contributed by atoms with van der Waals surface area (Å²) < 4.78 is 19.3. The maximum Gasteiger partial charge on any atom is 0.136 e. The van der Waals surface area contributed by atoms with Crippen molar-refractivity contribution in [2.24, 2.45) is 0 Å². The molecule has 3 aromatic heterocycles. The maximum absolute atomic E-state index is 6.44. The zero-order chi connectivity index (χ0) is 90.1. The summed E-state index contributed by atoms with van der Waals surface area (Å²) in [6, 6.07) is 180. The molecule has 0 aliphatic rings. The van der Waals surface area contributed by atoms with Crippen molar-refractivity contribution in [1.82, 2.24) is 0 Å². The van der Waals surface area contributed by atoms with E-state index < -0.39 is 0 Å². The van der Waals surface area contributed by atoms with Gasteiger partial charge in [-0.3, -0.25) is 0 Å². The van der Waals surface area contributed by atoms with Crippen molar-refractivity contribution < 1.29 is 13.3 Å². The highest BCUT2D eigenvalue weighted by atomic mass is 16.3. The minimum Gasteiger partial charge on any atom is -0.456 e. The van der Waals surface area contributed by atoms with Crippen LogP contribution < -0.4 is 0 Å². The lowest BCUT2D eigenvalue weighted by atomic mass is 9.84. The zero-order valence-corrected chi connectivity index (χ0v) is 74.6. The molecule has 26 aromatic carbocycles. The molecule has 0 amide bonds. The van der Waals surface area contributed by atoms with Crippen molar-refractivity contribution in [2.75, 3.05) is 0 Å². The Bertz CT molecular complexity index is 9830. The average molecular weight is 1740 g/mol. The van der Waals surface area contributed by atoms with Gasteiger partial charge < -0.3 is 13.3 Å². The van der Waals surface area contributed by atoms with Crippen LogP contribution >= 0.6 is 0 Å². The predicted octanol–water partition coefficient (Wildman–Crippen LogP) is 38.4. The summed E-state index contributed by atoms with van der Waals surface area (Å²) >= 11 is 0. The molecule has 0 radical (unpaired) electrons. The number of rotatable bonds is 9. The van der Waals surface area contributed by atoms with E-state index in [-0.39, 0.29) is 0 Å². The van der Waals surface area contributed by atoms with E-state index in [1.807, 2.05) is 0 Å². The minimum atomic E-state index is 0.911. The van der Waals surface area contributed by atoms with E-state index in [2.05, 4.69) is 497 Å². The summed E-state index contributed by atoms with van der Waals surface area (Å²) in [5, 5.41) is 34.3. The third-order valence-corrected chi connectivity index (χ3v) is 28.4. The molecule has 0 atom stereocenters. The molecule has 29 rings (SSSR count). The Morgan fingerprint density at radius 1 is 0.0949 bits per heavy atom. The number of benzene rings is 26. The standard InChI is InChI=1S/2C46H28O.C42H26O/c1-2-13-32-27-44-42(26-31(32)12-1)36-24-23-33(28-43(36)47-44)30-15-9-16-34(25-30)45-38-18-5-7-20-40(38)46(41-21-8-6-19-39(41)45)37-22-10-14-29-11-3-4-17-35(29)37;1-2-11-30-24-36(21-20-29(30)10-1)46-40-18-7-5-16-38(40)45(39-17-6-8-19-41(39)46)35-15-9-14-31(25-35)34-22-23-37-42-26-32-12-3-4-13-33(32)27-44(42)47-43(37)28-34;1-2-11-27(12-3-1)41-34-17-6-8-19-36(34)42(37-20-9-7-18-35(37)41)32-16-10-15-28(23-32)31-21-22-33-38-24-29-13-4-5-14-30(29)25-40(38)43-39(33)26-31/h2*1-28H;1-26H. The number of hydrogen-bond donors (Lipinski definition) is 0. The van der Waals surface area contributed by atoms with Gasteiger partial charge in [-0.05, 0) is 316 Å². The largest absolute Gasteiger partial charge is 0.456 e. The first-order chi connectivity index (χ1) is 67.9. The van der Waals surface area contributed by atoms with Gasteiger partial charge in [0.25, 0.3) is 0 Å². The van der Waals surface area contributed by atoms with Gasteiger partial charge >= 0.3 is 0 Å². The summed E-state index contributed by atoms with van der Waals surface area (Å²) in [4.78, 5) is 0. The van der Waals surface area contributed by atoms with Crippen LogP contribution in [-0.2, 0) is 0 Å². The second-order valence-corrected chi connectivity index (χ2v) is 36.2. The van der Waals surface area contributed by atoms with Gasteiger partial charge in [-0.15, -0.1) is 0 Å². The molecule has 137 heavy (non-hydrogen) atoms. The molecule has 0 spiro atoms. The van der Waals surface area contributed by atoms with E-state index >= 15 is 0 Å². The van der Waals surface area contributed by atoms with Gasteiger partial charge in [0.1, 0.15) is 33.5 Å². The van der Waals surface area contributed by atoms with Crippen molar-refractivity contribution in [1.29, 1.82) is 0 Å². The molecule has 0 aliphatic carbocycles. The predicted molar refractivity (Wildman–Crippen MR) is 583 cm³/mol. The fourth-order valence-electron chi connectivity index (χ4n) is 22.1. The Morgan fingerprint density at radius 3 is 0.657 bits per heavy atom. The van der Waals surface area contributed by atoms with Crippen molar-refractivity contribution in [3.05, 3.63) is 497 Å². The van der Waals surface area contributed by atoms with Crippen LogP contribution in [0.25, 0.3) is 284 Å². The quantitative estimate of drug-likeness (QED) is 0.135. The summed E-state index contributed by atoms with van der Waals surface area (Å²) in [7, 11) is 0. The molecule has 0 bridgehead atoms. The van der Waals surface area contributed by atoms with Crippen molar-refractivity contribution in [3.8, 4) is 100 Å². The summed E-state index contributed by atoms with van der Waals surface area (Å²) in [6.07, 6.45) is 0. The van der Waals surface area contributed by atoms with E-state index in [9.17, 15) is 0 Å². The van der Waals surface area contributed by atoms with Gasteiger partial charge in [-0.25, -0.2) is 0 Å². The van der Waals surface area contributed by atoms with Crippen LogP contribution in [0.2, 0.25) is 0 Å². The van der Waals surface area contributed by atoms with Crippen molar-refractivity contribution in [2.45, 2.75) is 0 Å². The topological polar surface area (TPSA) is 39.4 Å². The monoisotopic (exact) mass is 1740 g/mol. The maximum atomic E-state index is 6.44. The fourth-order valence-corrected chi connectivity index (χ4v) is 22.1. The van der Waals surface area contributed by atoms with E-state index in [0.717, 1.165) is 82.5 Å². The smallest absolute Gasteiger partial charge is 0.136 e. The van der Waals surface area contributed by atoms with Crippen molar-refractivity contribution in [3.63, 3.8) is 0 Å². The van der Waals surface area contributed by atoms with Crippen LogP contribution in [-0.4, -0.2) is 0 Å². The Balaban J connectivity index is 0.000000104. The van der Waals surface area contributed by atoms with Crippen LogP contribution in [0.5, 0.6) is 0 Å². The molecular weight excluding hydrogens is 1660 g/mol. The highest BCUT2D eigenvalue weighted by Crippen LogP contribution is 2.51. The van der Waals surface area contributed by atoms with Gasteiger partial charge in [0.05, 0.1) is 0 Å². The lowest BCUT2D eigenvalue weighted by Gasteiger charge is -2.19. The molecule has 3 heteroatoms. The lowest BCUT2D eigenvalue weighted by Crippen LogP contribution is -1.92. The van der Waals surface area contributed by atoms with E-state index in [1.165, 1.54) is 202 Å².